The molecule has 0 saturated carbocycles. The van der Waals surface area contributed by atoms with Crippen LogP contribution >= 0.6 is 0 Å². The van der Waals surface area contributed by atoms with Crippen molar-refractivity contribution in [2.75, 3.05) is 20.2 Å². The number of halogens is 1. The predicted molar refractivity (Wildman–Crippen MR) is 91.7 cm³/mol. The fraction of sp³-hybridized carbons (Fsp3) is 0.167. The number of amides is 1. The van der Waals surface area contributed by atoms with E-state index in [-0.39, 0.29) is 24.0 Å². The molecule has 0 aromatic heterocycles. The first-order valence-electron chi connectivity index (χ1n) is 7.52. The summed E-state index contributed by atoms with van der Waals surface area (Å²) in [6.07, 6.45) is 2.86. The largest absolute Gasteiger partial charge is 0.492 e. The molecule has 0 bridgehead atoms. The van der Waals surface area contributed by atoms with Crippen molar-refractivity contribution in [3.8, 4) is 5.75 Å². The predicted octanol–water partition coefficient (Wildman–Crippen LogP) is 3.28. The van der Waals surface area contributed by atoms with Crippen molar-refractivity contribution >= 4 is 17.7 Å². The van der Waals surface area contributed by atoms with Crippen LogP contribution in [0.4, 0.5) is 10.1 Å². The van der Waals surface area contributed by atoms with Crippen molar-refractivity contribution in [1.29, 1.82) is 0 Å². The van der Waals surface area contributed by atoms with Gasteiger partial charge in [0.25, 0.3) is 5.69 Å². The van der Waals surface area contributed by atoms with Crippen LogP contribution in [0.1, 0.15) is 5.56 Å². The number of nitrogens with zero attached hydrogens (tertiary/aromatic N) is 2. The minimum Gasteiger partial charge on any atom is -0.492 e. The van der Waals surface area contributed by atoms with Gasteiger partial charge in [0.15, 0.2) is 0 Å². The van der Waals surface area contributed by atoms with Crippen molar-refractivity contribution in [2.45, 2.75) is 0 Å². The Hall–Kier alpha value is -3.22. The number of ether oxygens (including phenoxy) is 1. The van der Waals surface area contributed by atoms with Crippen LogP contribution in [0.5, 0.6) is 5.75 Å². The lowest BCUT2D eigenvalue weighted by Crippen LogP contribution is -2.29. The summed E-state index contributed by atoms with van der Waals surface area (Å²) in [5, 5.41) is 10.7. The van der Waals surface area contributed by atoms with Crippen molar-refractivity contribution in [2.24, 2.45) is 0 Å². The fourth-order valence-electron chi connectivity index (χ4n) is 1.98. The Kier molecular flexibility index (Phi) is 6.22. The van der Waals surface area contributed by atoms with Gasteiger partial charge in [0.05, 0.1) is 11.5 Å². The summed E-state index contributed by atoms with van der Waals surface area (Å²) in [6, 6.07) is 11.6. The highest BCUT2D eigenvalue weighted by atomic mass is 19.1. The molecule has 0 atom stereocenters. The summed E-state index contributed by atoms with van der Waals surface area (Å²) in [5.74, 6) is -0.0745. The second-order valence-corrected chi connectivity index (χ2v) is 5.25. The average molecular weight is 344 g/mol. The first kappa shape index (κ1) is 18.1. The van der Waals surface area contributed by atoms with Gasteiger partial charge in [-0.05, 0) is 35.9 Å². The molecule has 0 heterocycles. The summed E-state index contributed by atoms with van der Waals surface area (Å²) in [7, 11) is 1.62. The molecule has 0 N–H and O–H groups in total. The van der Waals surface area contributed by atoms with Gasteiger partial charge in [-0.2, -0.15) is 0 Å². The third kappa shape index (κ3) is 5.72. The van der Waals surface area contributed by atoms with Crippen LogP contribution in [-0.4, -0.2) is 35.9 Å². The Labute approximate surface area is 144 Å². The number of non-ortho nitro benzene ring substituents is 1. The van der Waals surface area contributed by atoms with Gasteiger partial charge in [0.2, 0.25) is 5.91 Å². The van der Waals surface area contributed by atoms with E-state index >= 15 is 0 Å². The molecule has 0 fully saturated rings. The van der Waals surface area contributed by atoms with E-state index in [1.54, 1.807) is 19.2 Å². The molecule has 130 valence electrons. The first-order valence-corrected chi connectivity index (χ1v) is 7.52. The molecule has 0 saturated heterocycles. The number of likely N-dealkylation sites (N-methyl/N-ethyl adjacent to an activating group) is 1. The summed E-state index contributed by atoms with van der Waals surface area (Å²) >= 11 is 0. The van der Waals surface area contributed by atoms with Crippen LogP contribution in [0.15, 0.2) is 54.6 Å². The molecule has 25 heavy (non-hydrogen) atoms. The topological polar surface area (TPSA) is 72.7 Å². The molecule has 0 unspecified atom stereocenters. The molecule has 2 aromatic rings. The number of carbonyl (C=O) groups excluding carboxylic acids is 1. The fourth-order valence-corrected chi connectivity index (χ4v) is 1.98. The Morgan fingerprint density at radius 3 is 2.68 bits per heavy atom. The summed E-state index contributed by atoms with van der Waals surface area (Å²) in [5.41, 5.74) is 0.536. The average Bonchev–Trinajstić information content (AvgIpc) is 2.61. The molecule has 0 aliphatic carbocycles. The van der Waals surface area contributed by atoms with Crippen LogP contribution in [0.3, 0.4) is 0 Å². The second kappa shape index (κ2) is 8.58. The Morgan fingerprint density at radius 2 is 2.00 bits per heavy atom. The summed E-state index contributed by atoms with van der Waals surface area (Å²) in [6.45, 7) is 0.605. The third-order valence-corrected chi connectivity index (χ3v) is 3.38. The first-order chi connectivity index (χ1) is 12.0. The summed E-state index contributed by atoms with van der Waals surface area (Å²) in [4.78, 5) is 23.7. The number of hydrogen-bond donors (Lipinski definition) is 0. The standard InChI is InChI=1S/C18H17FN2O4/c1-20(11-12-25-17-8-6-15(19)7-9-17)18(22)10-5-14-3-2-4-16(13-14)21(23)24/h2-10,13H,11-12H2,1H3. The third-order valence-electron chi connectivity index (χ3n) is 3.38. The molecule has 2 rings (SSSR count). The maximum absolute atomic E-state index is 12.8. The maximum atomic E-state index is 12.8. The van der Waals surface area contributed by atoms with Crippen LogP contribution in [-0.2, 0) is 4.79 Å². The van der Waals surface area contributed by atoms with Gasteiger partial charge < -0.3 is 9.64 Å². The minimum atomic E-state index is -0.488. The number of rotatable bonds is 7. The molecular formula is C18H17FN2O4. The van der Waals surface area contributed by atoms with Gasteiger partial charge in [0.1, 0.15) is 18.2 Å². The van der Waals surface area contributed by atoms with Gasteiger partial charge in [-0.3, -0.25) is 14.9 Å². The highest BCUT2D eigenvalue weighted by Crippen LogP contribution is 2.14. The number of benzene rings is 2. The Balaban J connectivity index is 1.84. The molecule has 7 heteroatoms. The van der Waals surface area contributed by atoms with Crippen LogP contribution in [0.2, 0.25) is 0 Å². The molecule has 1 amide bonds. The van der Waals surface area contributed by atoms with Crippen LogP contribution in [0, 0.1) is 15.9 Å². The molecule has 0 aliphatic rings. The van der Waals surface area contributed by atoms with E-state index in [0.29, 0.717) is 17.9 Å². The van der Waals surface area contributed by atoms with E-state index in [9.17, 15) is 19.3 Å². The second-order valence-electron chi connectivity index (χ2n) is 5.25. The highest BCUT2D eigenvalue weighted by Gasteiger charge is 2.07. The van der Waals surface area contributed by atoms with E-state index in [4.69, 9.17) is 4.74 Å². The smallest absolute Gasteiger partial charge is 0.270 e. The SMILES string of the molecule is CN(CCOc1ccc(F)cc1)C(=O)C=Cc1cccc([N+](=O)[O-])c1. The van der Waals surface area contributed by atoms with Crippen LogP contribution < -0.4 is 4.74 Å². The highest BCUT2D eigenvalue weighted by molar-refractivity contribution is 5.91. The minimum absolute atomic E-state index is 0.0318. The van der Waals surface area contributed by atoms with E-state index in [2.05, 4.69) is 0 Å². The Bertz CT molecular complexity index is 775. The van der Waals surface area contributed by atoms with E-state index in [1.807, 2.05) is 0 Å². The lowest BCUT2D eigenvalue weighted by Gasteiger charge is -2.15. The number of hydrogen-bond acceptors (Lipinski definition) is 4. The van der Waals surface area contributed by atoms with Crippen molar-refractivity contribution in [3.05, 3.63) is 76.1 Å². The number of nitro benzene ring substituents is 1. The van der Waals surface area contributed by atoms with E-state index in [1.165, 1.54) is 53.5 Å². The molecule has 0 radical (unpaired) electrons. The summed E-state index contributed by atoms with van der Waals surface area (Å²) < 4.78 is 18.2. The quantitative estimate of drug-likeness (QED) is 0.439. The lowest BCUT2D eigenvalue weighted by molar-refractivity contribution is -0.384. The molecular weight excluding hydrogens is 327 g/mol. The van der Waals surface area contributed by atoms with Gasteiger partial charge in [0, 0.05) is 25.3 Å². The molecule has 0 spiro atoms. The van der Waals surface area contributed by atoms with Gasteiger partial charge in [-0.1, -0.05) is 12.1 Å². The zero-order valence-corrected chi connectivity index (χ0v) is 13.6. The molecule has 6 nitrogen and oxygen atoms in total. The van der Waals surface area contributed by atoms with Crippen molar-refractivity contribution in [1.82, 2.24) is 4.90 Å². The van der Waals surface area contributed by atoms with Gasteiger partial charge in [-0.25, -0.2) is 4.39 Å². The number of carbonyl (C=O) groups is 1. The van der Waals surface area contributed by atoms with Crippen molar-refractivity contribution < 1.29 is 18.8 Å². The van der Waals surface area contributed by atoms with Gasteiger partial charge >= 0.3 is 0 Å². The van der Waals surface area contributed by atoms with Crippen molar-refractivity contribution in [3.63, 3.8) is 0 Å². The zero-order chi connectivity index (χ0) is 18.2. The molecule has 0 aliphatic heterocycles. The molecule has 2 aromatic carbocycles. The lowest BCUT2D eigenvalue weighted by atomic mass is 10.2. The zero-order valence-electron chi connectivity index (χ0n) is 13.6. The van der Waals surface area contributed by atoms with E-state index in [0.717, 1.165) is 0 Å². The Morgan fingerprint density at radius 1 is 1.28 bits per heavy atom. The number of nitro groups is 1. The van der Waals surface area contributed by atoms with Gasteiger partial charge in [-0.15, -0.1) is 0 Å². The van der Waals surface area contributed by atoms with Crippen LogP contribution in [0.25, 0.3) is 6.08 Å². The maximum Gasteiger partial charge on any atom is 0.270 e. The monoisotopic (exact) mass is 344 g/mol. The van der Waals surface area contributed by atoms with E-state index < -0.39 is 4.92 Å². The normalized spacial score (nSPS) is 10.6.